The van der Waals surface area contributed by atoms with Crippen LogP contribution >= 0.6 is 0 Å². The summed E-state index contributed by atoms with van der Waals surface area (Å²) >= 11 is 0. The number of H-pyrrole nitrogens is 1. The minimum absolute atomic E-state index is 0.0157. The number of aromatic nitrogens is 3. The van der Waals surface area contributed by atoms with Crippen molar-refractivity contribution < 1.29 is 18.0 Å². The predicted molar refractivity (Wildman–Crippen MR) is 121 cm³/mol. The highest BCUT2D eigenvalue weighted by Crippen LogP contribution is 2.37. The molecule has 170 valence electrons. The van der Waals surface area contributed by atoms with Crippen molar-refractivity contribution in [2.45, 2.75) is 12.7 Å². The molecule has 2 aromatic carbocycles. The monoisotopic (exact) mass is 454 g/mol. The number of rotatable bonds is 5. The summed E-state index contributed by atoms with van der Waals surface area (Å²) in [5.74, 6) is 0. The Bertz CT molecular complexity index is 1260. The van der Waals surface area contributed by atoms with Gasteiger partial charge in [0.05, 0.1) is 5.39 Å². The summed E-state index contributed by atoms with van der Waals surface area (Å²) in [7, 11) is 3.96. The van der Waals surface area contributed by atoms with Crippen LogP contribution in [0.3, 0.4) is 0 Å². The van der Waals surface area contributed by atoms with Gasteiger partial charge < -0.3 is 15.5 Å². The molecule has 0 fully saturated rings. The average molecular weight is 454 g/mol. The molecule has 3 N–H and O–H groups in total. The molecule has 0 radical (unpaired) electrons. The molecule has 0 bridgehead atoms. The number of nitrogens with one attached hydrogen (secondary N) is 3. The SMILES string of the molecule is CN(C)Cc1ccc(NC(=O)Nc2ccc(-c3ccnc4n[nH]c(C(F)(F)F)c34)cc2)cc1. The van der Waals surface area contributed by atoms with E-state index in [0.717, 1.165) is 12.1 Å². The number of carbonyl (C=O) groups is 1. The van der Waals surface area contributed by atoms with Crippen LogP contribution in [0.1, 0.15) is 11.3 Å². The number of hydrogen-bond acceptors (Lipinski definition) is 4. The molecule has 2 aromatic heterocycles. The number of benzene rings is 2. The Morgan fingerprint density at radius 2 is 1.58 bits per heavy atom. The molecule has 10 heteroatoms. The Morgan fingerprint density at radius 3 is 2.15 bits per heavy atom. The zero-order valence-corrected chi connectivity index (χ0v) is 17.9. The molecule has 2 amide bonds. The first-order valence-electron chi connectivity index (χ1n) is 10.0. The molecule has 33 heavy (non-hydrogen) atoms. The molecule has 2 heterocycles. The minimum atomic E-state index is -4.59. The van der Waals surface area contributed by atoms with Gasteiger partial charge in [0.25, 0.3) is 0 Å². The predicted octanol–water partition coefficient (Wildman–Crippen LogP) is 5.35. The number of nitrogens with zero attached hydrogens (tertiary/aromatic N) is 3. The summed E-state index contributed by atoms with van der Waals surface area (Å²) in [4.78, 5) is 18.3. The normalized spacial score (nSPS) is 11.7. The molecule has 0 aliphatic carbocycles. The largest absolute Gasteiger partial charge is 0.433 e. The van der Waals surface area contributed by atoms with Crippen molar-refractivity contribution in [2.75, 3.05) is 24.7 Å². The lowest BCUT2D eigenvalue weighted by Crippen LogP contribution is -2.19. The summed E-state index contributed by atoms with van der Waals surface area (Å²) in [5, 5.41) is 11.1. The van der Waals surface area contributed by atoms with Crippen LogP contribution in [0.4, 0.5) is 29.3 Å². The smallest absolute Gasteiger partial charge is 0.308 e. The molecule has 0 unspecified atom stereocenters. The second-order valence-corrected chi connectivity index (χ2v) is 7.74. The molecule has 4 rings (SSSR count). The van der Waals surface area contributed by atoms with Crippen LogP contribution < -0.4 is 10.6 Å². The van der Waals surface area contributed by atoms with E-state index in [2.05, 4.69) is 20.7 Å². The quantitative estimate of drug-likeness (QED) is 0.380. The molecule has 0 saturated carbocycles. The van der Waals surface area contributed by atoms with Crippen molar-refractivity contribution in [1.82, 2.24) is 20.1 Å². The van der Waals surface area contributed by atoms with E-state index in [4.69, 9.17) is 0 Å². The van der Waals surface area contributed by atoms with Crippen LogP contribution in [0.25, 0.3) is 22.2 Å². The van der Waals surface area contributed by atoms with E-state index in [1.54, 1.807) is 24.3 Å². The summed E-state index contributed by atoms with van der Waals surface area (Å²) in [5.41, 5.74) is 2.18. The topological polar surface area (TPSA) is 85.9 Å². The number of halogens is 3. The van der Waals surface area contributed by atoms with E-state index in [0.29, 0.717) is 22.5 Å². The Labute approximate surface area is 187 Å². The number of pyridine rings is 1. The van der Waals surface area contributed by atoms with Crippen LogP contribution in [0.5, 0.6) is 0 Å². The molecule has 0 saturated heterocycles. The van der Waals surface area contributed by atoms with Gasteiger partial charge in [0, 0.05) is 24.1 Å². The van der Waals surface area contributed by atoms with Crippen LogP contribution in [0, 0.1) is 0 Å². The average Bonchev–Trinajstić information content (AvgIpc) is 3.20. The van der Waals surface area contributed by atoms with Gasteiger partial charge in [-0.3, -0.25) is 5.10 Å². The van der Waals surface area contributed by atoms with E-state index in [-0.39, 0.29) is 11.0 Å². The number of amides is 2. The van der Waals surface area contributed by atoms with E-state index in [1.807, 2.05) is 48.4 Å². The van der Waals surface area contributed by atoms with Crippen LogP contribution in [0.15, 0.2) is 60.8 Å². The molecule has 0 aliphatic rings. The lowest BCUT2D eigenvalue weighted by atomic mass is 10.0. The van der Waals surface area contributed by atoms with E-state index in [9.17, 15) is 18.0 Å². The zero-order valence-electron chi connectivity index (χ0n) is 17.9. The maximum absolute atomic E-state index is 13.4. The molecule has 0 spiro atoms. The van der Waals surface area contributed by atoms with Crippen molar-refractivity contribution in [3.05, 3.63) is 72.1 Å². The number of anilines is 2. The van der Waals surface area contributed by atoms with E-state index < -0.39 is 17.9 Å². The van der Waals surface area contributed by atoms with E-state index in [1.165, 1.54) is 12.3 Å². The highest BCUT2D eigenvalue weighted by molar-refractivity contribution is 6.00. The van der Waals surface area contributed by atoms with Gasteiger partial charge in [-0.2, -0.15) is 18.3 Å². The van der Waals surface area contributed by atoms with Gasteiger partial charge in [0.1, 0.15) is 5.69 Å². The second kappa shape index (κ2) is 8.91. The third-order valence-corrected chi connectivity index (χ3v) is 4.90. The van der Waals surface area contributed by atoms with Gasteiger partial charge in [0.2, 0.25) is 0 Å². The van der Waals surface area contributed by atoms with Crippen molar-refractivity contribution in [1.29, 1.82) is 0 Å². The standard InChI is InChI=1S/C23H21F3N6O/c1-32(2)13-14-3-7-16(8-4-14)28-22(33)29-17-9-5-15(6-10-17)18-11-12-27-21-19(18)20(30-31-21)23(24,25)26/h3-12H,13H2,1-2H3,(H,27,30,31)(H2,28,29,33). The third kappa shape index (κ3) is 5.12. The van der Waals surface area contributed by atoms with Crippen molar-refractivity contribution in [2.24, 2.45) is 0 Å². The fourth-order valence-electron chi connectivity index (χ4n) is 3.48. The Hall–Kier alpha value is -3.92. The van der Waals surface area contributed by atoms with E-state index >= 15 is 0 Å². The number of hydrogen-bond donors (Lipinski definition) is 3. The van der Waals surface area contributed by atoms with Gasteiger partial charge in [0.15, 0.2) is 5.65 Å². The number of fused-ring (bicyclic) bond motifs is 1. The first-order valence-corrected chi connectivity index (χ1v) is 10.0. The van der Waals surface area contributed by atoms with Crippen LogP contribution in [0.2, 0.25) is 0 Å². The summed E-state index contributed by atoms with van der Waals surface area (Å²) < 4.78 is 40.1. The first-order chi connectivity index (χ1) is 15.7. The fraction of sp³-hybridized carbons (Fsp3) is 0.174. The summed E-state index contributed by atoms with van der Waals surface area (Å²) in [6, 6.07) is 15.1. The first kappa shape index (κ1) is 22.3. The minimum Gasteiger partial charge on any atom is -0.308 e. The van der Waals surface area contributed by atoms with Crippen LogP contribution in [-0.4, -0.2) is 40.2 Å². The maximum Gasteiger partial charge on any atom is 0.433 e. The fourth-order valence-corrected chi connectivity index (χ4v) is 3.48. The second-order valence-electron chi connectivity index (χ2n) is 7.74. The lowest BCUT2D eigenvalue weighted by molar-refractivity contribution is -0.139. The molecular formula is C23H21F3N6O. The van der Waals surface area contributed by atoms with Gasteiger partial charge in [-0.15, -0.1) is 0 Å². The summed E-state index contributed by atoms with van der Waals surface area (Å²) in [6.07, 6.45) is -3.18. The zero-order chi connectivity index (χ0) is 23.6. The molecule has 0 aliphatic heterocycles. The third-order valence-electron chi connectivity index (χ3n) is 4.90. The highest BCUT2D eigenvalue weighted by Gasteiger charge is 2.36. The number of urea groups is 1. The molecule has 7 nitrogen and oxygen atoms in total. The summed E-state index contributed by atoms with van der Waals surface area (Å²) in [6.45, 7) is 0.798. The Kier molecular flexibility index (Phi) is 6.01. The number of aromatic amines is 1. The molecule has 0 atom stereocenters. The number of alkyl halides is 3. The van der Waals surface area contributed by atoms with Gasteiger partial charge >= 0.3 is 12.2 Å². The van der Waals surface area contributed by atoms with Crippen molar-refractivity contribution in [3.63, 3.8) is 0 Å². The van der Waals surface area contributed by atoms with Gasteiger partial charge in [-0.05, 0) is 61.1 Å². The van der Waals surface area contributed by atoms with Crippen LogP contribution in [-0.2, 0) is 12.7 Å². The number of carbonyl (C=O) groups excluding carboxylic acids is 1. The van der Waals surface area contributed by atoms with Gasteiger partial charge in [-0.1, -0.05) is 24.3 Å². The Balaban J connectivity index is 1.48. The van der Waals surface area contributed by atoms with Crippen molar-refractivity contribution >= 4 is 28.4 Å². The van der Waals surface area contributed by atoms with Crippen molar-refractivity contribution in [3.8, 4) is 11.1 Å². The molecular weight excluding hydrogens is 433 g/mol. The lowest BCUT2D eigenvalue weighted by Gasteiger charge is -2.12. The maximum atomic E-state index is 13.4. The molecule has 4 aromatic rings. The Morgan fingerprint density at radius 1 is 0.970 bits per heavy atom. The van der Waals surface area contributed by atoms with Gasteiger partial charge in [-0.25, -0.2) is 9.78 Å². The highest BCUT2D eigenvalue weighted by atomic mass is 19.4.